The molecule has 0 aliphatic carbocycles. The van der Waals surface area contributed by atoms with Crippen LogP contribution in [-0.2, 0) is 6.42 Å². The van der Waals surface area contributed by atoms with Crippen LogP contribution >= 0.6 is 0 Å². The van der Waals surface area contributed by atoms with Crippen LogP contribution in [-0.4, -0.2) is 38.9 Å². The standard InChI is InChI=1S/C15H24N2O2/c1-12(2)17-8-7-16-6-5-13-3-4-14-15(11-13)19-10-9-18-14/h3-4,11-12,16-17H,5-10H2,1-2H3. The monoisotopic (exact) mass is 264 g/mol. The lowest BCUT2D eigenvalue weighted by molar-refractivity contribution is 0.171. The summed E-state index contributed by atoms with van der Waals surface area (Å²) >= 11 is 0. The minimum absolute atomic E-state index is 0.555. The first kappa shape index (κ1) is 14.2. The molecule has 0 radical (unpaired) electrons. The first-order valence-electron chi connectivity index (χ1n) is 7.08. The number of hydrogen-bond donors (Lipinski definition) is 2. The van der Waals surface area contributed by atoms with Crippen molar-refractivity contribution in [1.82, 2.24) is 10.6 Å². The lowest BCUT2D eigenvalue weighted by Crippen LogP contribution is -2.32. The van der Waals surface area contributed by atoms with Crippen molar-refractivity contribution in [3.63, 3.8) is 0 Å². The minimum atomic E-state index is 0.555. The van der Waals surface area contributed by atoms with E-state index in [4.69, 9.17) is 9.47 Å². The third-order valence-corrected chi connectivity index (χ3v) is 3.05. The van der Waals surface area contributed by atoms with E-state index in [0.29, 0.717) is 19.3 Å². The molecule has 0 saturated heterocycles. The van der Waals surface area contributed by atoms with E-state index < -0.39 is 0 Å². The fourth-order valence-electron chi connectivity index (χ4n) is 2.05. The number of benzene rings is 1. The van der Waals surface area contributed by atoms with Crippen LogP contribution < -0.4 is 20.1 Å². The van der Waals surface area contributed by atoms with Crippen LogP contribution in [0.15, 0.2) is 18.2 Å². The normalized spacial score (nSPS) is 13.8. The van der Waals surface area contributed by atoms with Gasteiger partial charge in [-0.2, -0.15) is 0 Å². The van der Waals surface area contributed by atoms with Gasteiger partial charge in [0.1, 0.15) is 13.2 Å². The van der Waals surface area contributed by atoms with Crippen LogP contribution in [0.4, 0.5) is 0 Å². The van der Waals surface area contributed by atoms with Crippen molar-refractivity contribution < 1.29 is 9.47 Å². The van der Waals surface area contributed by atoms with Gasteiger partial charge in [0.15, 0.2) is 11.5 Å². The van der Waals surface area contributed by atoms with E-state index in [1.165, 1.54) is 5.56 Å². The van der Waals surface area contributed by atoms with Gasteiger partial charge in [-0.05, 0) is 30.7 Å². The SMILES string of the molecule is CC(C)NCCNCCc1ccc2c(c1)OCCO2. The predicted molar refractivity (Wildman–Crippen MR) is 77.1 cm³/mol. The summed E-state index contributed by atoms with van der Waals surface area (Å²) in [5, 5.41) is 6.82. The summed E-state index contributed by atoms with van der Waals surface area (Å²) in [5.41, 5.74) is 1.29. The average Bonchev–Trinajstić information content (AvgIpc) is 2.42. The molecule has 0 bridgehead atoms. The molecule has 2 rings (SSSR count). The molecule has 0 saturated carbocycles. The van der Waals surface area contributed by atoms with E-state index in [1.54, 1.807) is 0 Å². The molecule has 2 N–H and O–H groups in total. The quantitative estimate of drug-likeness (QED) is 0.734. The van der Waals surface area contributed by atoms with Gasteiger partial charge >= 0.3 is 0 Å². The second-order valence-corrected chi connectivity index (χ2v) is 5.09. The van der Waals surface area contributed by atoms with Crippen LogP contribution in [0.5, 0.6) is 11.5 Å². The van der Waals surface area contributed by atoms with Crippen molar-refractivity contribution >= 4 is 0 Å². The Morgan fingerprint density at radius 2 is 1.84 bits per heavy atom. The van der Waals surface area contributed by atoms with E-state index >= 15 is 0 Å². The summed E-state index contributed by atoms with van der Waals surface area (Å²) in [6.45, 7) is 8.62. The highest BCUT2D eigenvalue weighted by Gasteiger charge is 2.11. The van der Waals surface area contributed by atoms with Crippen LogP contribution in [0.3, 0.4) is 0 Å². The number of rotatable bonds is 7. The lowest BCUT2D eigenvalue weighted by atomic mass is 10.1. The molecule has 1 aromatic carbocycles. The number of ether oxygens (including phenoxy) is 2. The highest BCUT2D eigenvalue weighted by atomic mass is 16.6. The fraction of sp³-hybridized carbons (Fsp3) is 0.600. The fourth-order valence-corrected chi connectivity index (χ4v) is 2.05. The largest absolute Gasteiger partial charge is 0.486 e. The van der Waals surface area contributed by atoms with Crippen molar-refractivity contribution in [2.24, 2.45) is 0 Å². The third kappa shape index (κ3) is 4.73. The van der Waals surface area contributed by atoms with Crippen LogP contribution in [0, 0.1) is 0 Å². The molecule has 0 atom stereocenters. The minimum Gasteiger partial charge on any atom is -0.486 e. The molecule has 0 aromatic heterocycles. The maximum Gasteiger partial charge on any atom is 0.161 e. The van der Waals surface area contributed by atoms with Crippen molar-refractivity contribution in [3.05, 3.63) is 23.8 Å². The van der Waals surface area contributed by atoms with Gasteiger partial charge in [-0.25, -0.2) is 0 Å². The van der Waals surface area contributed by atoms with E-state index in [1.807, 2.05) is 6.07 Å². The summed E-state index contributed by atoms with van der Waals surface area (Å²) in [6.07, 6.45) is 1.01. The Hall–Kier alpha value is -1.26. The van der Waals surface area contributed by atoms with Crippen LogP contribution in [0.2, 0.25) is 0 Å². The second-order valence-electron chi connectivity index (χ2n) is 5.09. The zero-order valence-electron chi connectivity index (χ0n) is 11.9. The predicted octanol–water partition coefficient (Wildman–Crippen LogP) is 1.59. The molecule has 1 aliphatic heterocycles. The van der Waals surface area contributed by atoms with Crippen molar-refractivity contribution in [2.45, 2.75) is 26.3 Å². The summed E-state index contributed by atoms with van der Waals surface area (Å²) in [7, 11) is 0. The van der Waals surface area contributed by atoms with Gasteiger partial charge in [0.2, 0.25) is 0 Å². The third-order valence-electron chi connectivity index (χ3n) is 3.05. The molecule has 0 spiro atoms. The maximum atomic E-state index is 5.58. The van der Waals surface area contributed by atoms with Gasteiger partial charge in [-0.15, -0.1) is 0 Å². The molecule has 4 heteroatoms. The number of nitrogens with one attached hydrogen (secondary N) is 2. The Morgan fingerprint density at radius 3 is 2.63 bits per heavy atom. The van der Waals surface area contributed by atoms with Crippen molar-refractivity contribution in [1.29, 1.82) is 0 Å². The summed E-state index contributed by atoms with van der Waals surface area (Å²) in [6, 6.07) is 6.76. The van der Waals surface area contributed by atoms with E-state index in [9.17, 15) is 0 Å². The lowest BCUT2D eigenvalue weighted by Gasteiger charge is -2.18. The van der Waals surface area contributed by atoms with Gasteiger partial charge in [-0.3, -0.25) is 0 Å². The molecular weight excluding hydrogens is 240 g/mol. The Morgan fingerprint density at radius 1 is 1.05 bits per heavy atom. The first-order chi connectivity index (χ1) is 9.25. The highest BCUT2D eigenvalue weighted by Crippen LogP contribution is 2.30. The molecule has 106 valence electrons. The molecule has 19 heavy (non-hydrogen) atoms. The van der Waals surface area contributed by atoms with E-state index in [2.05, 4.69) is 36.6 Å². The summed E-state index contributed by atoms with van der Waals surface area (Å²) < 4.78 is 11.1. The van der Waals surface area contributed by atoms with Crippen molar-refractivity contribution in [3.8, 4) is 11.5 Å². The van der Waals surface area contributed by atoms with Gasteiger partial charge < -0.3 is 20.1 Å². The van der Waals surface area contributed by atoms with E-state index in [0.717, 1.165) is 37.6 Å². The average molecular weight is 264 g/mol. The smallest absolute Gasteiger partial charge is 0.161 e. The van der Waals surface area contributed by atoms with Gasteiger partial charge in [0.25, 0.3) is 0 Å². The van der Waals surface area contributed by atoms with E-state index in [-0.39, 0.29) is 0 Å². The van der Waals surface area contributed by atoms with Crippen molar-refractivity contribution in [2.75, 3.05) is 32.8 Å². The van der Waals surface area contributed by atoms with Crippen LogP contribution in [0.25, 0.3) is 0 Å². The van der Waals surface area contributed by atoms with Gasteiger partial charge in [0.05, 0.1) is 0 Å². The molecule has 4 nitrogen and oxygen atoms in total. The molecule has 0 unspecified atom stereocenters. The molecule has 0 fully saturated rings. The Kier molecular flexibility index (Phi) is 5.48. The van der Waals surface area contributed by atoms with Crippen LogP contribution in [0.1, 0.15) is 19.4 Å². The molecule has 0 amide bonds. The molecular formula is C15H24N2O2. The Balaban J connectivity index is 1.68. The molecule has 1 heterocycles. The molecule has 1 aromatic rings. The summed E-state index contributed by atoms with van der Waals surface area (Å²) in [4.78, 5) is 0. The van der Waals surface area contributed by atoms with Gasteiger partial charge in [0, 0.05) is 19.1 Å². The first-order valence-corrected chi connectivity index (χ1v) is 7.08. The Bertz CT molecular complexity index is 394. The Labute approximate surface area is 115 Å². The maximum absolute atomic E-state index is 5.58. The number of fused-ring (bicyclic) bond motifs is 1. The number of hydrogen-bond acceptors (Lipinski definition) is 4. The topological polar surface area (TPSA) is 42.5 Å². The summed E-state index contributed by atoms with van der Waals surface area (Å²) in [5.74, 6) is 1.74. The second kappa shape index (κ2) is 7.36. The zero-order valence-corrected chi connectivity index (χ0v) is 11.9. The molecule has 1 aliphatic rings. The van der Waals surface area contributed by atoms with Gasteiger partial charge in [-0.1, -0.05) is 19.9 Å². The highest BCUT2D eigenvalue weighted by molar-refractivity contribution is 5.43. The zero-order chi connectivity index (χ0) is 13.5.